The van der Waals surface area contributed by atoms with Gasteiger partial charge >= 0.3 is 6.03 Å². The summed E-state index contributed by atoms with van der Waals surface area (Å²) in [6.45, 7) is 9.02. The van der Waals surface area contributed by atoms with Gasteiger partial charge in [0.15, 0.2) is 0 Å². The van der Waals surface area contributed by atoms with Crippen molar-refractivity contribution >= 4 is 27.6 Å². The van der Waals surface area contributed by atoms with Gasteiger partial charge in [-0.2, -0.15) is 0 Å². The van der Waals surface area contributed by atoms with Gasteiger partial charge in [0.2, 0.25) is 0 Å². The lowest BCUT2D eigenvalue weighted by Crippen LogP contribution is -2.53. The lowest BCUT2D eigenvalue weighted by atomic mass is 9.92. The normalized spacial score (nSPS) is 16.6. The molecule has 1 unspecified atom stereocenters. The second-order valence-electron chi connectivity index (χ2n) is 6.93. The van der Waals surface area contributed by atoms with Gasteiger partial charge in [-0.15, -0.1) is 11.3 Å². The number of fused-ring (bicyclic) bond motifs is 1. The summed E-state index contributed by atoms with van der Waals surface area (Å²) >= 11 is 1.62. The van der Waals surface area contributed by atoms with Crippen LogP contribution in [0.3, 0.4) is 0 Å². The Balaban J connectivity index is 1.51. The highest BCUT2D eigenvalue weighted by Crippen LogP contribution is 2.21. The third-order valence-corrected chi connectivity index (χ3v) is 6.35. The first-order valence-electron chi connectivity index (χ1n) is 9.89. The van der Waals surface area contributed by atoms with E-state index in [0.29, 0.717) is 25.0 Å². The van der Waals surface area contributed by atoms with E-state index in [0.717, 1.165) is 54.4 Å². The molecule has 6 nitrogen and oxygen atoms in total. The van der Waals surface area contributed by atoms with Crippen LogP contribution in [-0.4, -0.2) is 54.8 Å². The smallest absolute Gasteiger partial charge is 0.315 e. The second-order valence-corrected chi connectivity index (χ2v) is 8.05. The number of morpholine rings is 1. The molecule has 2 N–H and O–H groups in total. The Labute approximate surface area is 165 Å². The molecule has 7 heteroatoms. The lowest BCUT2D eigenvalue weighted by Gasteiger charge is -2.38. The van der Waals surface area contributed by atoms with Crippen LogP contribution in [0.2, 0.25) is 0 Å². The zero-order valence-electron chi connectivity index (χ0n) is 16.2. The number of hydrogen-bond acceptors (Lipinski definition) is 5. The van der Waals surface area contributed by atoms with E-state index in [4.69, 9.17) is 4.74 Å². The monoisotopic (exact) mass is 390 g/mol. The molecule has 0 aliphatic carbocycles. The van der Waals surface area contributed by atoms with Crippen molar-refractivity contribution in [3.05, 3.63) is 29.3 Å². The Morgan fingerprint density at radius 3 is 2.67 bits per heavy atom. The third-order valence-electron chi connectivity index (χ3n) is 5.32. The molecule has 2 amide bonds. The lowest BCUT2D eigenvalue weighted by molar-refractivity contribution is 0.00237. The van der Waals surface area contributed by atoms with Crippen LogP contribution in [0.15, 0.2) is 24.3 Å². The van der Waals surface area contributed by atoms with Gasteiger partial charge in [-0.25, -0.2) is 9.78 Å². The fourth-order valence-corrected chi connectivity index (χ4v) is 4.65. The molecule has 1 atom stereocenters. The first kappa shape index (κ1) is 20.0. The van der Waals surface area contributed by atoms with Crippen LogP contribution < -0.4 is 10.6 Å². The number of benzene rings is 1. The van der Waals surface area contributed by atoms with E-state index in [-0.39, 0.29) is 6.03 Å². The highest BCUT2D eigenvalue weighted by atomic mass is 32.1. The minimum absolute atomic E-state index is 0.126. The van der Waals surface area contributed by atoms with Crippen molar-refractivity contribution in [2.45, 2.75) is 39.3 Å². The van der Waals surface area contributed by atoms with Crippen molar-refractivity contribution in [2.24, 2.45) is 5.92 Å². The molecule has 27 heavy (non-hydrogen) atoms. The Kier molecular flexibility index (Phi) is 7.43. The number of carbonyl (C=O) groups excluding carboxylic acids is 1. The summed E-state index contributed by atoms with van der Waals surface area (Å²) in [5.41, 5.74) is 0.987. The summed E-state index contributed by atoms with van der Waals surface area (Å²) in [4.78, 5) is 19.4. The predicted molar refractivity (Wildman–Crippen MR) is 110 cm³/mol. The first-order valence-corrected chi connectivity index (χ1v) is 10.7. The molecule has 1 aromatic carbocycles. The standard InChI is InChI=1S/C20H30N4O2S/c1-3-15(4-2)17(24-9-11-26-12-10-24)13-21-20(25)22-14-19-23-16-7-5-6-8-18(16)27-19/h5-8,15,17H,3-4,9-14H2,1-2H3,(H2,21,22,25). The van der Waals surface area contributed by atoms with Gasteiger partial charge < -0.3 is 15.4 Å². The van der Waals surface area contributed by atoms with Crippen molar-refractivity contribution in [1.82, 2.24) is 20.5 Å². The molecule has 3 rings (SSSR count). The number of nitrogens with zero attached hydrogens (tertiary/aromatic N) is 2. The van der Waals surface area contributed by atoms with E-state index in [1.165, 1.54) is 0 Å². The molecule has 1 aliphatic heterocycles. The number of hydrogen-bond donors (Lipinski definition) is 2. The van der Waals surface area contributed by atoms with Gasteiger partial charge in [0.05, 0.1) is 30.0 Å². The number of ether oxygens (including phenoxy) is 1. The summed E-state index contributed by atoms with van der Waals surface area (Å²) in [7, 11) is 0. The minimum Gasteiger partial charge on any atom is -0.379 e. The van der Waals surface area contributed by atoms with Crippen LogP contribution in [0.25, 0.3) is 10.2 Å². The van der Waals surface area contributed by atoms with E-state index >= 15 is 0 Å². The van der Waals surface area contributed by atoms with Gasteiger partial charge in [-0.05, 0) is 18.1 Å². The summed E-state index contributed by atoms with van der Waals surface area (Å²) < 4.78 is 6.64. The molecule has 1 saturated heterocycles. The number of carbonyl (C=O) groups is 1. The van der Waals surface area contributed by atoms with Crippen LogP contribution in [0, 0.1) is 5.92 Å². The van der Waals surface area contributed by atoms with Crippen LogP contribution in [0.4, 0.5) is 4.79 Å². The highest BCUT2D eigenvalue weighted by molar-refractivity contribution is 7.18. The Bertz CT molecular complexity index is 693. The van der Waals surface area contributed by atoms with Crippen molar-refractivity contribution < 1.29 is 9.53 Å². The Hall–Kier alpha value is -1.70. The van der Waals surface area contributed by atoms with Crippen LogP contribution in [0.5, 0.6) is 0 Å². The summed E-state index contributed by atoms with van der Waals surface area (Å²) in [5.74, 6) is 0.577. The van der Waals surface area contributed by atoms with Crippen LogP contribution in [0.1, 0.15) is 31.7 Å². The molecular weight excluding hydrogens is 360 g/mol. The van der Waals surface area contributed by atoms with E-state index in [1.54, 1.807) is 11.3 Å². The number of thiazole rings is 1. The molecule has 2 heterocycles. The average Bonchev–Trinajstić information content (AvgIpc) is 3.13. The molecule has 1 aromatic heterocycles. The average molecular weight is 391 g/mol. The molecule has 1 fully saturated rings. The summed E-state index contributed by atoms with van der Waals surface area (Å²) in [6.07, 6.45) is 2.24. The van der Waals surface area contributed by atoms with Crippen molar-refractivity contribution in [1.29, 1.82) is 0 Å². The summed E-state index contributed by atoms with van der Waals surface area (Å²) in [5, 5.41) is 6.95. The zero-order valence-corrected chi connectivity index (χ0v) is 17.1. The third kappa shape index (κ3) is 5.40. The number of para-hydroxylation sites is 1. The van der Waals surface area contributed by atoms with Gasteiger partial charge in [-0.1, -0.05) is 38.8 Å². The zero-order chi connectivity index (χ0) is 19.1. The minimum atomic E-state index is -0.126. The van der Waals surface area contributed by atoms with Crippen LogP contribution in [-0.2, 0) is 11.3 Å². The number of aromatic nitrogens is 1. The molecule has 0 bridgehead atoms. The van der Waals surface area contributed by atoms with Gasteiger partial charge in [0.1, 0.15) is 5.01 Å². The maximum Gasteiger partial charge on any atom is 0.315 e. The maximum atomic E-state index is 12.3. The van der Waals surface area contributed by atoms with Crippen molar-refractivity contribution in [2.75, 3.05) is 32.8 Å². The second kappa shape index (κ2) is 10.0. The van der Waals surface area contributed by atoms with Gasteiger partial charge in [0, 0.05) is 25.7 Å². The fourth-order valence-electron chi connectivity index (χ4n) is 3.75. The SMILES string of the molecule is CCC(CC)C(CNC(=O)NCc1nc2ccccc2s1)N1CCOCC1. The predicted octanol–water partition coefficient (Wildman–Crippen LogP) is 3.23. The summed E-state index contributed by atoms with van der Waals surface area (Å²) in [6, 6.07) is 8.27. The van der Waals surface area contributed by atoms with E-state index in [9.17, 15) is 4.79 Å². The first-order chi connectivity index (χ1) is 13.2. The molecule has 148 valence electrons. The Morgan fingerprint density at radius 2 is 1.96 bits per heavy atom. The molecule has 0 spiro atoms. The quantitative estimate of drug-likeness (QED) is 0.726. The van der Waals surface area contributed by atoms with E-state index in [1.807, 2.05) is 18.2 Å². The topological polar surface area (TPSA) is 66.5 Å². The Morgan fingerprint density at radius 1 is 1.22 bits per heavy atom. The van der Waals surface area contributed by atoms with Gasteiger partial charge in [-0.3, -0.25) is 4.90 Å². The highest BCUT2D eigenvalue weighted by Gasteiger charge is 2.27. The molecule has 1 aliphatic rings. The van der Waals surface area contributed by atoms with Crippen molar-refractivity contribution in [3.8, 4) is 0 Å². The van der Waals surface area contributed by atoms with E-state index < -0.39 is 0 Å². The number of amides is 2. The van der Waals surface area contributed by atoms with Gasteiger partial charge in [0.25, 0.3) is 0 Å². The largest absolute Gasteiger partial charge is 0.379 e. The van der Waals surface area contributed by atoms with Crippen LogP contribution >= 0.6 is 11.3 Å². The fraction of sp³-hybridized carbons (Fsp3) is 0.600. The molecular formula is C20H30N4O2S. The molecule has 2 aromatic rings. The van der Waals surface area contributed by atoms with Crippen molar-refractivity contribution in [3.63, 3.8) is 0 Å². The molecule has 0 radical (unpaired) electrons. The molecule has 0 saturated carbocycles. The van der Waals surface area contributed by atoms with E-state index in [2.05, 4.69) is 40.4 Å². The maximum absolute atomic E-state index is 12.3. The number of urea groups is 1. The number of rotatable bonds is 8. The number of nitrogens with one attached hydrogen (secondary N) is 2.